The molecule has 1 aromatic carbocycles. The largest absolute Gasteiger partial charge is 0.481 e. The normalized spacial score (nSPS) is 16.3. The highest BCUT2D eigenvalue weighted by molar-refractivity contribution is 5.82. The Labute approximate surface area is 138 Å². The third kappa shape index (κ3) is 4.81. The summed E-state index contributed by atoms with van der Waals surface area (Å²) < 4.78 is 0. The molecule has 0 aromatic heterocycles. The first kappa shape index (κ1) is 17.5. The second-order valence-corrected chi connectivity index (χ2v) is 7.13. The van der Waals surface area contributed by atoms with Crippen molar-refractivity contribution in [3.8, 4) is 0 Å². The molecule has 0 radical (unpaired) electrons. The molecule has 0 unspecified atom stereocenters. The molecule has 1 aromatic rings. The Bertz CT molecular complexity index is 531. The van der Waals surface area contributed by atoms with Crippen molar-refractivity contribution in [2.45, 2.75) is 46.0 Å². The van der Waals surface area contributed by atoms with E-state index in [4.69, 9.17) is 5.11 Å². The number of carboxylic acid groups (broad SMARTS) is 1. The summed E-state index contributed by atoms with van der Waals surface area (Å²) in [6, 6.07) is 10.3. The van der Waals surface area contributed by atoms with E-state index in [-0.39, 0.29) is 17.2 Å². The van der Waals surface area contributed by atoms with Gasteiger partial charge >= 0.3 is 5.97 Å². The van der Waals surface area contributed by atoms with E-state index in [1.807, 2.05) is 36.9 Å². The minimum absolute atomic E-state index is 0.161. The van der Waals surface area contributed by atoms with Gasteiger partial charge in [-0.25, -0.2) is 0 Å². The summed E-state index contributed by atoms with van der Waals surface area (Å²) in [6.45, 7) is 5.14. The summed E-state index contributed by atoms with van der Waals surface area (Å²) in [5.41, 5.74) is 0.920. The van der Waals surface area contributed by atoms with Crippen LogP contribution < -0.4 is 0 Å². The Hall–Kier alpha value is -1.84. The van der Waals surface area contributed by atoms with E-state index >= 15 is 0 Å². The number of rotatable bonds is 6. The number of piperidine rings is 1. The number of benzene rings is 1. The minimum Gasteiger partial charge on any atom is -0.481 e. The predicted octanol–water partition coefficient (Wildman–Crippen LogP) is 3.36. The number of likely N-dealkylation sites (tertiary alicyclic amines) is 1. The molecule has 4 heteroatoms. The molecule has 0 atom stereocenters. The molecule has 1 heterocycles. The Morgan fingerprint density at radius 3 is 2.35 bits per heavy atom. The van der Waals surface area contributed by atoms with Gasteiger partial charge in [-0.3, -0.25) is 9.59 Å². The van der Waals surface area contributed by atoms with Crippen LogP contribution in [0.4, 0.5) is 0 Å². The molecule has 23 heavy (non-hydrogen) atoms. The van der Waals surface area contributed by atoms with E-state index in [2.05, 4.69) is 12.1 Å². The lowest BCUT2D eigenvalue weighted by molar-refractivity contribution is -0.148. The van der Waals surface area contributed by atoms with Crippen molar-refractivity contribution in [3.63, 3.8) is 0 Å². The number of aliphatic carboxylic acids is 1. The van der Waals surface area contributed by atoms with E-state index in [1.165, 1.54) is 5.56 Å². The molecule has 4 nitrogen and oxygen atoms in total. The maximum atomic E-state index is 12.7. The zero-order valence-electron chi connectivity index (χ0n) is 14.1. The molecule has 1 N–H and O–H groups in total. The van der Waals surface area contributed by atoms with Crippen LogP contribution in [0.15, 0.2) is 30.3 Å². The van der Waals surface area contributed by atoms with Crippen molar-refractivity contribution in [1.29, 1.82) is 0 Å². The summed E-state index contributed by atoms with van der Waals surface area (Å²) in [6.07, 6.45) is 3.95. The SMILES string of the molecule is CC(C)(CCCc1ccccc1)C(=O)N1CCC(C(=O)O)CC1. The fourth-order valence-corrected chi connectivity index (χ4v) is 3.24. The monoisotopic (exact) mass is 317 g/mol. The van der Waals surface area contributed by atoms with E-state index in [9.17, 15) is 9.59 Å². The van der Waals surface area contributed by atoms with Crippen molar-refractivity contribution in [3.05, 3.63) is 35.9 Å². The fourth-order valence-electron chi connectivity index (χ4n) is 3.24. The maximum absolute atomic E-state index is 12.7. The predicted molar refractivity (Wildman–Crippen MR) is 90.1 cm³/mol. The lowest BCUT2D eigenvalue weighted by atomic mass is 9.84. The smallest absolute Gasteiger partial charge is 0.306 e. The van der Waals surface area contributed by atoms with Crippen LogP contribution in [0.5, 0.6) is 0 Å². The zero-order valence-corrected chi connectivity index (χ0v) is 14.1. The van der Waals surface area contributed by atoms with Crippen LogP contribution in [-0.4, -0.2) is 35.0 Å². The van der Waals surface area contributed by atoms with Gasteiger partial charge in [-0.05, 0) is 37.7 Å². The van der Waals surface area contributed by atoms with Crippen molar-refractivity contribution < 1.29 is 14.7 Å². The van der Waals surface area contributed by atoms with Crippen LogP contribution in [0, 0.1) is 11.3 Å². The first-order valence-electron chi connectivity index (χ1n) is 8.46. The van der Waals surface area contributed by atoms with E-state index in [1.54, 1.807) is 0 Å². The van der Waals surface area contributed by atoms with Crippen molar-refractivity contribution in [2.75, 3.05) is 13.1 Å². The van der Waals surface area contributed by atoms with Gasteiger partial charge in [0, 0.05) is 18.5 Å². The number of hydrogen-bond acceptors (Lipinski definition) is 2. The van der Waals surface area contributed by atoms with Gasteiger partial charge in [0.05, 0.1) is 5.92 Å². The molecule has 0 saturated carbocycles. The number of nitrogens with zero attached hydrogens (tertiary/aromatic N) is 1. The molecular weight excluding hydrogens is 290 g/mol. The highest BCUT2D eigenvalue weighted by atomic mass is 16.4. The van der Waals surface area contributed by atoms with E-state index in [0.717, 1.165) is 19.3 Å². The van der Waals surface area contributed by atoms with E-state index in [0.29, 0.717) is 25.9 Å². The highest BCUT2D eigenvalue weighted by Gasteiger charge is 2.34. The number of amides is 1. The van der Waals surface area contributed by atoms with Crippen LogP contribution >= 0.6 is 0 Å². The molecule has 0 bridgehead atoms. The molecule has 2 rings (SSSR count). The number of carbonyl (C=O) groups excluding carboxylic acids is 1. The maximum Gasteiger partial charge on any atom is 0.306 e. The first-order chi connectivity index (χ1) is 10.9. The summed E-state index contributed by atoms with van der Waals surface area (Å²) >= 11 is 0. The summed E-state index contributed by atoms with van der Waals surface area (Å²) in [5, 5.41) is 9.04. The molecule has 126 valence electrons. The standard InChI is InChI=1S/C19H27NO3/c1-19(2,12-6-9-15-7-4-3-5-8-15)18(23)20-13-10-16(11-14-20)17(21)22/h3-5,7-8,16H,6,9-14H2,1-2H3,(H,21,22). The van der Waals surface area contributed by atoms with Crippen LogP contribution in [0.1, 0.15) is 45.1 Å². The van der Waals surface area contributed by atoms with Gasteiger partial charge in [0.2, 0.25) is 5.91 Å². The molecule has 1 fully saturated rings. The fraction of sp³-hybridized carbons (Fsp3) is 0.579. The Kier molecular flexibility index (Phi) is 5.80. The van der Waals surface area contributed by atoms with Gasteiger partial charge in [-0.1, -0.05) is 44.2 Å². The molecule has 1 aliphatic heterocycles. The van der Waals surface area contributed by atoms with Crippen molar-refractivity contribution >= 4 is 11.9 Å². The highest BCUT2D eigenvalue weighted by Crippen LogP contribution is 2.29. The van der Waals surface area contributed by atoms with Crippen LogP contribution in [0.2, 0.25) is 0 Å². The zero-order chi connectivity index (χ0) is 16.9. The van der Waals surface area contributed by atoms with Crippen molar-refractivity contribution in [2.24, 2.45) is 11.3 Å². The van der Waals surface area contributed by atoms with E-state index < -0.39 is 5.97 Å². The van der Waals surface area contributed by atoms with Gasteiger partial charge in [0.15, 0.2) is 0 Å². The third-order valence-corrected chi connectivity index (χ3v) is 4.82. The number of carbonyl (C=O) groups is 2. The summed E-state index contributed by atoms with van der Waals surface area (Å²) in [4.78, 5) is 25.6. The molecule has 0 aliphatic carbocycles. The molecular formula is C19H27NO3. The first-order valence-corrected chi connectivity index (χ1v) is 8.46. The summed E-state index contributed by atoms with van der Waals surface area (Å²) in [7, 11) is 0. The number of carboxylic acids is 1. The second kappa shape index (κ2) is 7.62. The summed E-state index contributed by atoms with van der Waals surface area (Å²) in [5.74, 6) is -0.867. The minimum atomic E-state index is -0.737. The average Bonchev–Trinajstić information content (AvgIpc) is 2.55. The Morgan fingerprint density at radius 2 is 1.78 bits per heavy atom. The van der Waals surface area contributed by atoms with Gasteiger partial charge < -0.3 is 10.0 Å². The molecule has 0 spiro atoms. The second-order valence-electron chi connectivity index (χ2n) is 7.13. The Balaban J connectivity index is 1.82. The number of hydrogen-bond donors (Lipinski definition) is 1. The lowest BCUT2D eigenvalue weighted by Gasteiger charge is -2.36. The van der Waals surface area contributed by atoms with Gasteiger partial charge in [-0.15, -0.1) is 0 Å². The quantitative estimate of drug-likeness (QED) is 0.875. The van der Waals surface area contributed by atoms with Crippen LogP contribution in [0.3, 0.4) is 0 Å². The topological polar surface area (TPSA) is 57.6 Å². The van der Waals surface area contributed by atoms with Crippen LogP contribution in [0.25, 0.3) is 0 Å². The van der Waals surface area contributed by atoms with Gasteiger partial charge in [0.25, 0.3) is 0 Å². The average molecular weight is 317 g/mol. The van der Waals surface area contributed by atoms with Crippen molar-refractivity contribution in [1.82, 2.24) is 4.90 Å². The van der Waals surface area contributed by atoms with Crippen LogP contribution in [-0.2, 0) is 16.0 Å². The third-order valence-electron chi connectivity index (χ3n) is 4.82. The Morgan fingerprint density at radius 1 is 1.17 bits per heavy atom. The van der Waals surface area contributed by atoms with Gasteiger partial charge in [0.1, 0.15) is 0 Å². The molecule has 1 amide bonds. The molecule has 1 aliphatic rings. The number of aryl methyl sites for hydroxylation is 1. The lowest BCUT2D eigenvalue weighted by Crippen LogP contribution is -2.46. The van der Waals surface area contributed by atoms with Gasteiger partial charge in [-0.2, -0.15) is 0 Å². The molecule has 1 saturated heterocycles.